The maximum Gasteiger partial charge on any atom is 0.124 e. The van der Waals surface area contributed by atoms with Gasteiger partial charge in [-0.05, 0) is 49.7 Å². The molecule has 0 amide bonds. The minimum Gasteiger partial charge on any atom is -0.489 e. The molecule has 0 saturated carbocycles. The minimum absolute atomic E-state index is 0.268. The van der Waals surface area contributed by atoms with Crippen molar-refractivity contribution in [2.75, 3.05) is 6.54 Å². The lowest BCUT2D eigenvalue weighted by Crippen LogP contribution is -2.18. The number of hydrogen-bond acceptors (Lipinski definition) is 2. The predicted octanol–water partition coefficient (Wildman–Crippen LogP) is 4.90. The van der Waals surface area contributed by atoms with E-state index in [4.69, 9.17) is 16.3 Å². The van der Waals surface area contributed by atoms with Crippen molar-refractivity contribution in [2.24, 2.45) is 0 Å². The van der Waals surface area contributed by atoms with Crippen LogP contribution < -0.4 is 10.1 Å². The lowest BCUT2D eigenvalue weighted by atomic mass is 10.0. The molecule has 3 heteroatoms. The van der Waals surface area contributed by atoms with E-state index >= 15 is 0 Å². The summed E-state index contributed by atoms with van der Waals surface area (Å²) in [4.78, 5) is 0. The maximum absolute atomic E-state index is 6.03. The van der Waals surface area contributed by atoms with Crippen LogP contribution in [0, 0.1) is 6.92 Å². The van der Waals surface area contributed by atoms with Crippen LogP contribution >= 0.6 is 11.6 Å². The van der Waals surface area contributed by atoms with Gasteiger partial charge in [0.2, 0.25) is 0 Å². The van der Waals surface area contributed by atoms with E-state index in [9.17, 15) is 0 Å². The van der Waals surface area contributed by atoms with Crippen LogP contribution in [0.2, 0.25) is 5.02 Å². The normalized spacial score (nSPS) is 12.2. The summed E-state index contributed by atoms with van der Waals surface area (Å²) in [5.74, 6) is 0.934. The van der Waals surface area contributed by atoms with Gasteiger partial charge < -0.3 is 10.1 Å². The van der Waals surface area contributed by atoms with Gasteiger partial charge >= 0.3 is 0 Å². The van der Waals surface area contributed by atoms with Gasteiger partial charge in [0.1, 0.15) is 12.4 Å². The monoisotopic (exact) mass is 303 g/mol. The lowest BCUT2D eigenvalue weighted by Gasteiger charge is -2.18. The first-order valence-corrected chi connectivity index (χ1v) is 7.69. The highest BCUT2D eigenvalue weighted by atomic mass is 35.5. The molecule has 21 heavy (non-hydrogen) atoms. The Morgan fingerprint density at radius 2 is 2.00 bits per heavy atom. The van der Waals surface area contributed by atoms with E-state index in [0.29, 0.717) is 6.61 Å². The highest BCUT2D eigenvalue weighted by Crippen LogP contribution is 2.27. The molecule has 1 atom stereocenters. The maximum atomic E-state index is 6.03. The Kier molecular flexibility index (Phi) is 5.66. The number of nitrogens with one attached hydrogen (secondary N) is 1. The largest absolute Gasteiger partial charge is 0.489 e. The smallest absolute Gasteiger partial charge is 0.124 e. The molecule has 1 unspecified atom stereocenters. The first-order chi connectivity index (χ1) is 10.1. The third-order valence-corrected chi connectivity index (χ3v) is 3.66. The third-order valence-electron chi connectivity index (χ3n) is 3.43. The quantitative estimate of drug-likeness (QED) is 0.819. The Morgan fingerprint density at radius 1 is 1.19 bits per heavy atom. The van der Waals surface area contributed by atoms with Gasteiger partial charge in [0.05, 0.1) is 0 Å². The van der Waals surface area contributed by atoms with E-state index in [1.54, 1.807) is 0 Å². The second-order valence-electron chi connectivity index (χ2n) is 5.24. The summed E-state index contributed by atoms with van der Waals surface area (Å²) in [6.07, 6.45) is 0. The summed E-state index contributed by atoms with van der Waals surface area (Å²) in [6, 6.07) is 14.4. The molecule has 0 heterocycles. The molecule has 0 aliphatic carbocycles. The highest BCUT2D eigenvalue weighted by molar-refractivity contribution is 6.30. The molecule has 0 saturated heterocycles. The van der Waals surface area contributed by atoms with Crippen LogP contribution in [0.5, 0.6) is 5.75 Å². The van der Waals surface area contributed by atoms with Crippen molar-refractivity contribution in [3.8, 4) is 5.75 Å². The number of rotatable bonds is 6. The summed E-state index contributed by atoms with van der Waals surface area (Å²) >= 11 is 6.01. The molecule has 0 aliphatic heterocycles. The topological polar surface area (TPSA) is 21.3 Å². The summed E-state index contributed by atoms with van der Waals surface area (Å²) in [5, 5.41) is 4.17. The van der Waals surface area contributed by atoms with Crippen molar-refractivity contribution in [3.63, 3.8) is 0 Å². The van der Waals surface area contributed by atoms with E-state index in [-0.39, 0.29) is 6.04 Å². The summed E-state index contributed by atoms with van der Waals surface area (Å²) in [5.41, 5.74) is 3.46. The van der Waals surface area contributed by atoms with Crippen molar-refractivity contribution in [1.29, 1.82) is 0 Å². The molecule has 0 fully saturated rings. The first-order valence-electron chi connectivity index (χ1n) is 7.31. The van der Waals surface area contributed by atoms with E-state index in [2.05, 4.69) is 44.3 Å². The first kappa shape index (κ1) is 15.9. The van der Waals surface area contributed by atoms with Gasteiger partial charge in [0, 0.05) is 16.6 Å². The molecule has 1 N–H and O–H groups in total. The Hall–Kier alpha value is -1.51. The summed E-state index contributed by atoms with van der Waals surface area (Å²) < 4.78 is 6.03. The van der Waals surface area contributed by atoms with Gasteiger partial charge in [-0.15, -0.1) is 0 Å². The van der Waals surface area contributed by atoms with Gasteiger partial charge in [0.25, 0.3) is 0 Å². The van der Waals surface area contributed by atoms with Crippen molar-refractivity contribution in [2.45, 2.75) is 33.4 Å². The zero-order valence-corrected chi connectivity index (χ0v) is 13.6. The van der Waals surface area contributed by atoms with Crippen LogP contribution in [-0.4, -0.2) is 6.54 Å². The zero-order chi connectivity index (χ0) is 15.2. The van der Waals surface area contributed by atoms with Gasteiger partial charge in [0.15, 0.2) is 0 Å². The van der Waals surface area contributed by atoms with Gasteiger partial charge in [-0.1, -0.05) is 42.8 Å². The van der Waals surface area contributed by atoms with Crippen LogP contribution in [0.4, 0.5) is 0 Å². The molecule has 0 aliphatic rings. The van der Waals surface area contributed by atoms with Crippen molar-refractivity contribution in [3.05, 3.63) is 64.2 Å². The predicted molar refractivity (Wildman–Crippen MR) is 89.1 cm³/mol. The molecule has 0 bridgehead atoms. The van der Waals surface area contributed by atoms with Crippen LogP contribution in [0.25, 0.3) is 0 Å². The average Bonchev–Trinajstić information content (AvgIpc) is 2.45. The summed E-state index contributed by atoms with van der Waals surface area (Å²) in [7, 11) is 0. The SMILES string of the molecule is CCNC(C)c1ccc(C)cc1OCc1cccc(Cl)c1. The fourth-order valence-electron chi connectivity index (χ4n) is 2.33. The third kappa shape index (κ3) is 4.48. The van der Waals surface area contributed by atoms with E-state index < -0.39 is 0 Å². The van der Waals surface area contributed by atoms with E-state index in [1.165, 1.54) is 11.1 Å². The van der Waals surface area contributed by atoms with E-state index in [1.807, 2.05) is 24.3 Å². The van der Waals surface area contributed by atoms with Crippen LogP contribution in [0.1, 0.15) is 36.6 Å². The van der Waals surface area contributed by atoms with Gasteiger partial charge in [-0.3, -0.25) is 0 Å². The highest BCUT2D eigenvalue weighted by Gasteiger charge is 2.11. The Balaban J connectivity index is 2.16. The number of ether oxygens (including phenoxy) is 1. The second-order valence-corrected chi connectivity index (χ2v) is 5.68. The van der Waals surface area contributed by atoms with Gasteiger partial charge in [-0.25, -0.2) is 0 Å². The average molecular weight is 304 g/mol. The summed E-state index contributed by atoms with van der Waals surface area (Å²) in [6.45, 7) is 7.80. The molecule has 2 aromatic carbocycles. The van der Waals surface area contributed by atoms with Crippen LogP contribution in [0.3, 0.4) is 0 Å². The Labute approximate surface area is 132 Å². The number of hydrogen-bond donors (Lipinski definition) is 1. The minimum atomic E-state index is 0.268. The van der Waals surface area contributed by atoms with Crippen molar-refractivity contribution >= 4 is 11.6 Å². The Morgan fingerprint density at radius 3 is 2.71 bits per heavy atom. The second kappa shape index (κ2) is 7.48. The molecule has 2 nitrogen and oxygen atoms in total. The lowest BCUT2D eigenvalue weighted by molar-refractivity contribution is 0.299. The zero-order valence-electron chi connectivity index (χ0n) is 12.8. The molecule has 2 aromatic rings. The number of halogens is 1. The van der Waals surface area contributed by atoms with Crippen molar-refractivity contribution in [1.82, 2.24) is 5.32 Å². The standard InChI is InChI=1S/C18H22ClNO/c1-4-20-14(3)17-9-8-13(2)10-18(17)21-12-15-6-5-7-16(19)11-15/h5-11,14,20H,4,12H2,1-3H3. The molecule has 112 valence electrons. The number of aryl methyl sites for hydroxylation is 1. The fraction of sp³-hybridized carbons (Fsp3) is 0.333. The van der Waals surface area contributed by atoms with E-state index in [0.717, 1.165) is 22.9 Å². The Bertz CT molecular complexity index is 598. The molecule has 2 rings (SSSR count). The van der Waals surface area contributed by atoms with Gasteiger partial charge in [-0.2, -0.15) is 0 Å². The fourth-order valence-corrected chi connectivity index (χ4v) is 2.54. The molecular formula is C18H22ClNO. The van der Waals surface area contributed by atoms with Crippen molar-refractivity contribution < 1.29 is 4.74 Å². The molecular weight excluding hydrogens is 282 g/mol. The molecule has 0 spiro atoms. The number of benzene rings is 2. The molecule has 0 radical (unpaired) electrons. The molecule has 0 aromatic heterocycles. The van der Waals surface area contributed by atoms with Crippen LogP contribution in [-0.2, 0) is 6.61 Å². The van der Waals surface area contributed by atoms with Crippen LogP contribution in [0.15, 0.2) is 42.5 Å².